The average molecular weight is 323 g/mol. The van der Waals surface area contributed by atoms with E-state index in [2.05, 4.69) is 4.90 Å². The van der Waals surface area contributed by atoms with Gasteiger partial charge in [0.25, 0.3) is 0 Å². The molecule has 0 radical (unpaired) electrons. The fraction of sp³-hybridized carbons (Fsp3) is 0.588. The predicted molar refractivity (Wildman–Crippen MR) is 85.8 cm³/mol. The molecule has 0 amide bonds. The minimum atomic E-state index is -0.922. The van der Waals surface area contributed by atoms with Crippen LogP contribution in [0.4, 0.5) is 0 Å². The van der Waals surface area contributed by atoms with E-state index >= 15 is 0 Å². The molecule has 1 aliphatic heterocycles. The van der Waals surface area contributed by atoms with Crippen LogP contribution >= 0.6 is 0 Å². The number of ether oxygens (including phenoxy) is 2. The maximum atomic E-state index is 11.0. The molecular formula is C17H25NO5. The first-order chi connectivity index (χ1) is 10.9. The van der Waals surface area contributed by atoms with Gasteiger partial charge in [0.05, 0.1) is 25.2 Å². The molecule has 1 aliphatic rings. The van der Waals surface area contributed by atoms with Gasteiger partial charge in [-0.05, 0) is 44.5 Å². The Labute approximate surface area is 136 Å². The number of likely N-dealkylation sites (tertiary alicyclic amines) is 1. The Morgan fingerprint density at radius 3 is 2.70 bits per heavy atom. The predicted octanol–water partition coefficient (Wildman–Crippen LogP) is 1.75. The fourth-order valence-corrected chi connectivity index (χ4v) is 2.85. The number of β-amino-alcohol motifs (C(OH)–C–C–N with tert-alkyl or cyclic N) is 1. The third kappa shape index (κ3) is 4.59. The summed E-state index contributed by atoms with van der Waals surface area (Å²) in [4.78, 5) is 13.1. The van der Waals surface area contributed by atoms with Gasteiger partial charge in [0, 0.05) is 13.1 Å². The van der Waals surface area contributed by atoms with Crippen LogP contribution in [-0.4, -0.2) is 53.5 Å². The van der Waals surface area contributed by atoms with E-state index in [-0.39, 0.29) is 6.10 Å². The number of aliphatic hydroxyl groups is 1. The van der Waals surface area contributed by atoms with Gasteiger partial charge >= 0.3 is 5.97 Å². The van der Waals surface area contributed by atoms with Crippen LogP contribution in [0.2, 0.25) is 0 Å². The lowest BCUT2D eigenvalue weighted by Gasteiger charge is -2.34. The Morgan fingerprint density at radius 1 is 1.39 bits per heavy atom. The molecular weight excluding hydrogens is 298 g/mol. The molecule has 0 unspecified atom stereocenters. The van der Waals surface area contributed by atoms with Crippen molar-refractivity contribution >= 4 is 5.97 Å². The molecule has 128 valence electrons. The second-order valence-corrected chi connectivity index (χ2v) is 6.19. The molecule has 2 N–H and O–H groups in total. The van der Waals surface area contributed by atoms with E-state index < -0.39 is 18.0 Å². The molecule has 0 aliphatic carbocycles. The van der Waals surface area contributed by atoms with Crippen LogP contribution in [0.25, 0.3) is 0 Å². The number of piperidine rings is 1. The third-order valence-corrected chi connectivity index (χ3v) is 3.98. The van der Waals surface area contributed by atoms with Crippen molar-refractivity contribution in [2.24, 2.45) is 5.92 Å². The molecule has 23 heavy (non-hydrogen) atoms. The number of carbonyl (C=O) groups is 1. The van der Waals surface area contributed by atoms with Gasteiger partial charge < -0.3 is 19.7 Å². The van der Waals surface area contributed by atoms with Gasteiger partial charge in [0.1, 0.15) is 0 Å². The highest BCUT2D eigenvalue weighted by Gasteiger charge is 2.32. The third-order valence-electron chi connectivity index (χ3n) is 3.98. The van der Waals surface area contributed by atoms with Crippen LogP contribution in [0.1, 0.15) is 25.8 Å². The number of aliphatic hydroxyl groups excluding tert-OH is 1. The number of rotatable bonds is 6. The van der Waals surface area contributed by atoms with Gasteiger partial charge in [-0.1, -0.05) is 6.07 Å². The highest BCUT2D eigenvalue weighted by molar-refractivity contribution is 5.70. The summed E-state index contributed by atoms with van der Waals surface area (Å²) >= 11 is 0. The topological polar surface area (TPSA) is 79.2 Å². The molecule has 0 aromatic heterocycles. The van der Waals surface area contributed by atoms with Gasteiger partial charge in [0.2, 0.25) is 0 Å². The van der Waals surface area contributed by atoms with E-state index in [1.165, 1.54) is 0 Å². The van der Waals surface area contributed by atoms with Crippen LogP contribution in [0.5, 0.6) is 11.5 Å². The number of aliphatic carboxylic acids is 1. The first kappa shape index (κ1) is 17.6. The molecule has 1 aromatic rings. The molecule has 0 spiro atoms. The number of nitrogens with zero attached hydrogens (tertiary/aromatic N) is 1. The van der Waals surface area contributed by atoms with Crippen molar-refractivity contribution in [1.82, 2.24) is 4.90 Å². The Balaban J connectivity index is 2.02. The largest absolute Gasteiger partial charge is 0.493 e. The van der Waals surface area contributed by atoms with Crippen LogP contribution in [0, 0.1) is 5.92 Å². The Hall–Kier alpha value is -1.79. The summed E-state index contributed by atoms with van der Waals surface area (Å²) in [5, 5.41) is 19.0. The molecule has 2 atom stereocenters. The minimum absolute atomic E-state index is 0.0694. The number of carboxylic acid groups (broad SMARTS) is 1. The van der Waals surface area contributed by atoms with Gasteiger partial charge in [-0.2, -0.15) is 0 Å². The summed E-state index contributed by atoms with van der Waals surface area (Å²) in [5.41, 5.74) is 1.04. The highest BCUT2D eigenvalue weighted by Crippen LogP contribution is 2.30. The zero-order chi connectivity index (χ0) is 17.0. The first-order valence-corrected chi connectivity index (χ1v) is 7.87. The summed E-state index contributed by atoms with van der Waals surface area (Å²) in [7, 11) is 1.61. The van der Waals surface area contributed by atoms with Crippen molar-refractivity contribution in [3.63, 3.8) is 0 Å². The molecule has 0 bridgehead atoms. The molecule has 6 heteroatoms. The van der Waals surface area contributed by atoms with E-state index in [1.54, 1.807) is 7.11 Å². The van der Waals surface area contributed by atoms with Gasteiger partial charge in [0.15, 0.2) is 11.5 Å². The number of hydrogen-bond donors (Lipinski definition) is 2. The van der Waals surface area contributed by atoms with Crippen molar-refractivity contribution in [2.45, 2.75) is 39.0 Å². The number of hydrogen-bond acceptors (Lipinski definition) is 5. The first-order valence-electron chi connectivity index (χ1n) is 7.87. The Bertz CT molecular complexity index is 546. The summed E-state index contributed by atoms with van der Waals surface area (Å²) in [5.74, 6) is -0.204. The van der Waals surface area contributed by atoms with E-state index in [4.69, 9.17) is 14.6 Å². The molecule has 1 fully saturated rings. The average Bonchev–Trinajstić information content (AvgIpc) is 2.48. The fourth-order valence-electron chi connectivity index (χ4n) is 2.85. The second kappa shape index (κ2) is 7.66. The quantitative estimate of drug-likeness (QED) is 0.830. The van der Waals surface area contributed by atoms with Crippen LogP contribution < -0.4 is 9.47 Å². The van der Waals surface area contributed by atoms with Gasteiger partial charge in [-0.3, -0.25) is 9.69 Å². The smallest absolute Gasteiger partial charge is 0.309 e. The van der Waals surface area contributed by atoms with Gasteiger partial charge in [-0.25, -0.2) is 0 Å². The summed E-state index contributed by atoms with van der Waals surface area (Å²) in [6.45, 7) is 5.58. The molecule has 0 saturated carbocycles. The van der Waals surface area contributed by atoms with E-state index in [9.17, 15) is 9.90 Å². The number of carboxylic acids is 1. The van der Waals surface area contributed by atoms with Crippen LogP contribution in [-0.2, 0) is 11.3 Å². The summed E-state index contributed by atoms with van der Waals surface area (Å²) in [6, 6.07) is 5.78. The molecule has 1 aromatic carbocycles. The Kier molecular flexibility index (Phi) is 5.85. The van der Waals surface area contributed by atoms with Crippen molar-refractivity contribution < 1.29 is 24.5 Å². The summed E-state index contributed by atoms with van der Waals surface area (Å²) in [6.07, 6.45) is -0.297. The maximum absolute atomic E-state index is 11.0. The lowest BCUT2D eigenvalue weighted by molar-refractivity contribution is -0.148. The van der Waals surface area contributed by atoms with E-state index in [1.807, 2.05) is 32.0 Å². The van der Waals surface area contributed by atoms with Crippen molar-refractivity contribution in [3.8, 4) is 11.5 Å². The van der Waals surface area contributed by atoms with E-state index in [0.717, 1.165) is 5.56 Å². The second-order valence-electron chi connectivity index (χ2n) is 6.19. The molecule has 6 nitrogen and oxygen atoms in total. The Morgan fingerprint density at radius 2 is 2.13 bits per heavy atom. The van der Waals surface area contributed by atoms with Crippen molar-refractivity contribution in [1.29, 1.82) is 0 Å². The van der Waals surface area contributed by atoms with Crippen molar-refractivity contribution in [3.05, 3.63) is 23.8 Å². The lowest BCUT2D eigenvalue weighted by Crippen LogP contribution is -2.46. The SMILES string of the molecule is COc1cc(CN2CC[C@H](C(=O)O)[C@H](O)C2)ccc1OC(C)C. The zero-order valence-electron chi connectivity index (χ0n) is 13.9. The summed E-state index contributed by atoms with van der Waals surface area (Å²) < 4.78 is 11.1. The lowest BCUT2D eigenvalue weighted by atomic mass is 9.94. The highest BCUT2D eigenvalue weighted by atomic mass is 16.5. The monoisotopic (exact) mass is 323 g/mol. The molecule has 2 rings (SSSR count). The molecule has 1 heterocycles. The van der Waals surface area contributed by atoms with Crippen molar-refractivity contribution in [2.75, 3.05) is 20.2 Å². The van der Waals surface area contributed by atoms with Crippen LogP contribution in [0.15, 0.2) is 18.2 Å². The number of benzene rings is 1. The zero-order valence-corrected chi connectivity index (χ0v) is 13.9. The molecule has 1 saturated heterocycles. The minimum Gasteiger partial charge on any atom is -0.493 e. The standard InChI is InChI=1S/C17H25NO5/c1-11(2)23-15-5-4-12(8-16(15)22-3)9-18-7-6-13(17(20)21)14(19)10-18/h4-5,8,11,13-14,19H,6-7,9-10H2,1-3H3,(H,20,21)/t13-,14+/m0/s1. The van der Waals surface area contributed by atoms with Crippen LogP contribution in [0.3, 0.4) is 0 Å². The number of methoxy groups -OCH3 is 1. The normalized spacial score (nSPS) is 22.1. The van der Waals surface area contributed by atoms with Gasteiger partial charge in [-0.15, -0.1) is 0 Å². The van der Waals surface area contributed by atoms with E-state index in [0.29, 0.717) is 37.6 Å². The maximum Gasteiger partial charge on any atom is 0.309 e.